The molecule has 0 radical (unpaired) electrons. The van der Waals surface area contributed by atoms with Crippen molar-refractivity contribution < 1.29 is 4.57 Å². The maximum absolute atomic E-state index is 2.43. The lowest BCUT2D eigenvalue weighted by atomic mass is 9.87. The standard InChI is InChI=1S/C26H35N2/c1-17(2)21-15-23(18(3)4)25(24(16-21)19(5)6)28-14-13-27(8)26(28)22-12-10-9-11-20(22)7/h9-19H,1-8H3/q+1. The summed E-state index contributed by atoms with van der Waals surface area (Å²) in [5, 5.41) is 0. The summed E-state index contributed by atoms with van der Waals surface area (Å²) in [6.45, 7) is 16.0. The van der Waals surface area contributed by atoms with Gasteiger partial charge in [-0.05, 0) is 41.9 Å². The summed E-state index contributed by atoms with van der Waals surface area (Å²) in [6.07, 6.45) is 4.40. The summed E-state index contributed by atoms with van der Waals surface area (Å²) in [7, 11) is 2.14. The fraction of sp³-hybridized carbons (Fsp3) is 0.423. The molecule has 0 aliphatic carbocycles. The summed E-state index contributed by atoms with van der Waals surface area (Å²) < 4.78 is 4.66. The Morgan fingerprint density at radius 1 is 0.821 bits per heavy atom. The molecule has 3 rings (SSSR count). The van der Waals surface area contributed by atoms with E-state index in [1.54, 1.807) is 0 Å². The van der Waals surface area contributed by atoms with Gasteiger partial charge in [0.1, 0.15) is 18.1 Å². The van der Waals surface area contributed by atoms with E-state index in [9.17, 15) is 0 Å². The van der Waals surface area contributed by atoms with E-state index in [1.807, 2.05) is 0 Å². The number of aromatic nitrogens is 2. The molecule has 0 spiro atoms. The number of rotatable bonds is 5. The Morgan fingerprint density at radius 2 is 1.39 bits per heavy atom. The molecule has 1 aromatic heterocycles. The highest BCUT2D eigenvalue weighted by molar-refractivity contribution is 5.63. The SMILES string of the molecule is Cc1ccccc1-c1n(-c2c(C(C)C)cc(C(C)C)cc2C(C)C)cc[n+]1C. The fourth-order valence-corrected chi connectivity index (χ4v) is 4.00. The highest BCUT2D eigenvalue weighted by Crippen LogP contribution is 2.36. The van der Waals surface area contributed by atoms with Crippen LogP contribution in [0.15, 0.2) is 48.8 Å². The summed E-state index contributed by atoms with van der Waals surface area (Å²) in [4.78, 5) is 0. The lowest BCUT2D eigenvalue weighted by Gasteiger charge is -2.21. The number of aryl methyl sites for hydroxylation is 2. The van der Waals surface area contributed by atoms with Gasteiger partial charge in [0.15, 0.2) is 0 Å². The molecule has 0 atom stereocenters. The molecule has 0 unspecified atom stereocenters. The molecule has 148 valence electrons. The molecule has 2 nitrogen and oxygen atoms in total. The van der Waals surface area contributed by atoms with Crippen LogP contribution in [-0.2, 0) is 7.05 Å². The first kappa shape index (κ1) is 20.4. The van der Waals surface area contributed by atoms with Gasteiger partial charge in [0.2, 0.25) is 0 Å². The highest BCUT2D eigenvalue weighted by atomic mass is 15.1. The Morgan fingerprint density at radius 3 is 1.89 bits per heavy atom. The van der Waals surface area contributed by atoms with Crippen LogP contribution >= 0.6 is 0 Å². The molecule has 1 heterocycles. The number of benzene rings is 2. The van der Waals surface area contributed by atoms with Gasteiger partial charge in [-0.15, -0.1) is 0 Å². The Hall–Kier alpha value is -2.35. The van der Waals surface area contributed by atoms with Gasteiger partial charge >= 0.3 is 0 Å². The van der Waals surface area contributed by atoms with Crippen LogP contribution in [0, 0.1) is 6.92 Å². The van der Waals surface area contributed by atoms with Crippen LogP contribution in [0.4, 0.5) is 0 Å². The second-order valence-electron chi connectivity index (χ2n) is 8.93. The third-order valence-corrected chi connectivity index (χ3v) is 5.73. The molecule has 0 bridgehead atoms. The molecule has 0 aliphatic heterocycles. The van der Waals surface area contributed by atoms with E-state index in [0.717, 1.165) is 0 Å². The molecule has 0 saturated carbocycles. The first-order chi connectivity index (χ1) is 13.2. The van der Waals surface area contributed by atoms with Crippen LogP contribution in [0.5, 0.6) is 0 Å². The first-order valence-electron chi connectivity index (χ1n) is 10.5. The zero-order valence-electron chi connectivity index (χ0n) is 18.7. The normalized spacial score (nSPS) is 11.8. The van der Waals surface area contributed by atoms with Crippen molar-refractivity contribution in [1.82, 2.24) is 4.57 Å². The monoisotopic (exact) mass is 375 g/mol. The largest absolute Gasteiger partial charge is 0.294 e. The number of imidazole rings is 1. The average molecular weight is 376 g/mol. The van der Waals surface area contributed by atoms with Crippen LogP contribution in [0.3, 0.4) is 0 Å². The first-order valence-corrected chi connectivity index (χ1v) is 10.5. The van der Waals surface area contributed by atoms with Crippen molar-refractivity contribution in [2.75, 3.05) is 0 Å². The lowest BCUT2D eigenvalue weighted by Crippen LogP contribution is -2.29. The van der Waals surface area contributed by atoms with Gasteiger partial charge in [-0.1, -0.05) is 71.9 Å². The van der Waals surface area contributed by atoms with E-state index in [4.69, 9.17) is 0 Å². The fourth-order valence-electron chi connectivity index (χ4n) is 4.00. The minimum Gasteiger partial charge on any atom is -0.232 e. The molecule has 3 aromatic rings. The second kappa shape index (κ2) is 7.95. The van der Waals surface area contributed by atoms with Crippen molar-refractivity contribution >= 4 is 0 Å². The van der Waals surface area contributed by atoms with Crippen LogP contribution < -0.4 is 4.57 Å². The maximum Gasteiger partial charge on any atom is 0.294 e. The van der Waals surface area contributed by atoms with Crippen LogP contribution in [0.25, 0.3) is 17.1 Å². The van der Waals surface area contributed by atoms with E-state index >= 15 is 0 Å². The lowest BCUT2D eigenvalue weighted by molar-refractivity contribution is -0.659. The molecule has 0 N–H and O–H groups in total. The van der Waals surface area contributed by atoms with E-state index < -0.39 is 0 Å². The predicted molar refractivity (Wildman–Crippen MR) is 119 cm³/mol. The molecule has 0 aliphatic rings. The molecule has 2 heteroatoms. The molecule has 0 fully saturated rings. The Balaban J connectivity index is 2.38. The van der Waals surface area contributed by atoms with E-state index in [2.05, 4.69) is 113 Å². The van der Waals surface area contributed by atoms with Gasteiger partial charge in [-0.2, -0.15) is 4.57 Å². The topological polar surface area (TPSA) is 8.81 Å². The van der Waals surface area contributed by atoms with E-state index in [-0.39, 0.29) is 0 Å². The van der Waals surface area contributed by atoms with Gasteiger partial charge in [0.05, 0.1) is 12.6 Å². The van der Waals surface area contributed by atoms with Crippen molar-refractivity contribution in [3.63, 3.8) is 0 Å². The van der Waals surface area contributed by atoms with Crippen LogP contribution in [-0.4, -0.2) is 4.57 Å². The molecular weight excluding hydrogens is 340 g/mol. The predicted octanol–water partition coefficient (Wildman–Crippen LogP) is 6.65. The van der Waals surface area contributed by atoms with E-state index in [0.29, 0.717) is 17.8 Å². The zero-order valence-corrected chi connectivity index (χ0v) is 18.7. The van der Waals surface area contributed by atoms with Crippen molar-refractivity contribution in [2.45, 2.75) is 66.2 Å². The average Bonchev–Trinajstić information content (AvgIpc) is 3.01. The molecule has 0 saturated heterocycles. The Labute approximate surface area is 170 Å². The summed E-state index contributed by atoms with van der Waals surface area (Å²) in [5.74, 6) is 2.69. The van der Waals surface area contributed by atoms with Crippen molar-refractivity contribution in [1.29, 1.82) is 0 Å². The van der Waals surface area contributed by atoms with Crippen molar-refractivity contribution in [3.8, 4) is 17.1 Å². The number of hydrogen-bond donors (Lipinski definition) is 0. The quantitative estimate of drug-likeness (QED) is 0.442. The maximum atomic E-state index is 2.43. The molecule has 2 aromatic carbocycles. The van der Waals surface area contributed by atoms with E-state index in [1.165, 1.54) is 39.3 Å². The van der Waals surface area contributed by atoms with Gasteiger partial charge in [-0.3, -0.25) is 0 Å². The van der Waals surface area contributed by atoms with Crippen molar-refractivity contribution in [3.05, 3.63) is 71.0 Å². The van der Waals surface area contributed by atoms with Crippen LogP contribution in [0.1, 0.15) is 81.5 Å². The zero-order chi connectivity index (χ0) is 20.6. The minimum atomic E-state index is 0.462. The molecule has 28 heavy (non-hydrogen) atoms. The van der Waals surface area contributed by atoms with Crippen molar-refractivity contribution in [2.24, 2.45) is 7.05 Å². The third-order valence-electron chi connectivity index (χ3n) is 5.73. The minimum absolute atomic E-state index is 0.462. The third kappa shape index (κ3) is 3.65. The Kier molecular flexibility index (Phi) is 5.79. The number of hydrogen-bond acceptors (Lipinski definition) is 0. The highest BCUT2D eigenvalue weighted by Gasteiger charge is 2.27. The van der Waals surface area contributed by atoms with Gasteiger partial charge in [-0.25, -0.2) is 4.57 Å². The summed E-state index contributed by atoms with van der Waals surface area (Å²) >= 11 is 0. The molecular formula is C26H35N2+. The molecule has 0 amide bonds. The Bertz CT molecular complexity index is 945. The second-order valence-corrected chi connectivity index (χ2v) is 8.93. The van der Waals surface area contributed by atoms with Crippen LogP contribution in [0.2, 0.25) is 0 Å². The van der Waals surface area contributed by atoms with Gasteiger partial charge in [0.25, 0.3) is 5.82 Å². The summed E-state index contributed by atoms with van der Waals surface area (Å²) in [6, 6.07) is 13.5. The van der Waals surface area contributed by atoms with Gasteiger partial charge < -0.3 is 0 Å². The smallest absolute Gasteiger partial charge is 0.232 e. The summed E-state index contributed by atoms with van der Waals surface area (Å²) in [5.41, 5.74) is 8.24. The van der Waals surface area contributed by atoms with Gasteiger partial charge in [0, 0.05) is 11.1 Å². The number of nitrogens with zero attached hydrogens (tertiary/aromatic N) is 2.